The van der Waals surface area contributed by atoms with E-state index in [1.807, 2.05) is 0 Å². The van der Waals surface area contributed by atoms with Crippen molar-refractivity contribution in [3.63, 3.8) is 0 Å². The molecule has 0 saturated carbocycles. The van der Waals surface area contributed by atoms with Crippen LogP contribution < -0.4 is 16.0 Å². The minimum absolute atomic E-state index is 0.236. The van der Waals surface area contributed by atoms with Crippen LogP contribution in [0.5, 0.6) is 0 Å². The summed E-state index contributed by atoms with van der Waals surface area (Å²) in [7, 11) is 0. The van der Waals surface area contributed by atoms with Crippen LogP contribution >= 0.6 is 11.3 Å². The van der Waals surface area contributed by atoms with Gasteiger partial charge in [0.1, 0.15) is 10.7 Å². The summed E-state index contributed by atoms with van der Waals surface area (Å²) < 4.78 is 17.9. The molecule has 3 amide bonds. The number of urea groups is 1. The Morgan fingerprint density at radius 2 is 1.58 bits per heavy atom. The standard InChI is InChI=1S/C21H19FN4O4S/c1-3-30-19(28)13-4-8-15(9-5-13)24-18(27)17-12(2)23-21(31-17)26-20(29)25-16-10-6-14(22)7-11-16/h4-11H,3H2,1-2H3,(H,24,27)(H2,23,25,26,29). The average molecular weight is 442 g/mol. The van der Waals surface area contributed by atoms with Gasteiger partial charge >= 0.3 is 12.0 Å². The molecule has 0 unspecified atom stereocenters. The number of rotatable bonds is 6. The molecular weight excluding hydrogens is 423 g/mol. The predicted octanol–water partition coefficient (Wildman–Crippen LogP) is 4.66. The zero-order valence-electron chi connectivity index (χ0n) is 16.7. The number of amides is 3. The number of carbonyl (C=O) groups is 3. The van der Waals surface area contributed by atoms with Crippen molar-refractivity contribution in [1.29, 1.82) is 0 Å². The van der Waals surface area contributed by atoms with Crippen molar-refractivity contribution >= 4 is 45.8 Å². The molecular formula is C21H19FN4O4S. The number of aryl methyl sites for hydroxylation is 1. The number of halogens is 1. The van der Waals surface area contributed by atoms with Gasteiger partial charge in [0.15, 0.2) is 5.13 Å². The van der Waals surface area contributed by atoms with Crippen LogP contribution in [0.2, 0.25) is 0 Å². The molecule has 160 valence electrons. The second-order valence-corrected chi connectivity index (χ2v) is 7.27. The van der Waals surface area contributed by atoms with Gasteiger partial charge in [-0.1, -0.05) is 11.3 Å². The highest BCUT2D eigenvalue weighted by molar-refractivity contribution is 7.17. The Bertz CT molecular complexity index is 1100. The Kier molecular flexibility index (Phi) is 6.93. The van der Waals surface area contributed by atoms with Crippen LogP contribution in [0.3, 0.4) is 0 Å². The zero-order valence-corrected chi connectivity index (χ0v) is 17.5. The molecule has 8 nitrogen and oxygen atoms in total. The Hall–Kier alpha value is -3.79. The van der Waals surface area contributed by atoms with Crippen LogP contribution in [0.1, 0.15) is 32.6 Å². The van der Waals surface area contributed by atoms with E-state index >= 15 is 0 Å². The smallest absolute Gasteiger partial charge is 0.338 e. The number of nitrogens with one attached hydrogen (secondary N) is 3. The van der Waals surface area contributed by atoms with Crippen molar-refractivity contribution in [2.24, 2.45) is 0 Å². The molecule has 1 heterocycles. The number of esters is 1. The summed E-state index contributed by atoms with van der Waals surface area (Å²) >= 11 is 1.01. The monoisotopic (exact) mass is 442 g/mol. The normalized spacial score (nSPS) is 10.3. The number of hydrogen-bond acceptors (Lipinski definition) is 6. The van der Waals surface area contributed by atoms with Crippen molar-refractivity contribution in [3.8, 4) is 0 Å². The van der Waals surface area contributed by atoms with E-state index in [9.17, 15) is 18.8 Å². The molecule has 1 aromatic heterocycles. The second kappa shape index (κ2) is 9.81. The third-order valence-electron chi connectivity index (χ3n) is 3.98. The van der Waals surface area contributed by atoms with Gasteiger partial charge in [-0.15, -0.1) is 0 Å². The topological polar surface area (TPSA) is 109 Å². The Morgan fingerprint density at radius 3 is 2.23 bits per heavy atom. The van der Waals surface area contributed by atoms with Crippen molar-refractivity contribution in [2.75, 3.05) is 22.6 Å². The van der Waals surface area contributed by atoms with Gasteiger partial charge in [-0.2, -0.15) is 0 Å². The summed E-state index contributed by atoms with van der Waals surface area (Å²) in [5.74, 6) is -1.24. The van der Waals surface area contributed by atoms with Crippen LogP contribution in [0.4, 0.5) is 25.7 Å². The van der Waals surface area contributed by atoms with Crippen LogP contribution in [0.25, 0.3) is 0 Å². The largest absolute Gasteiger partial charge is 0.462 e. The van der Waals surface area contributed by atoms with Crippen LogP contribution in [-0.4, -0.2) is 29.5 Å². The van der Waals surface area contributed by atoms with E-state index in [1.54, 1.807) is 38.1 Å². The molecule has 0 spiro atoms. The lowest BCUT2D eigenvalue weighted by Crippen LogP contribution is -2.19. The molecule has 3 aromatic rings. The fraction of sp³-hybridized carbons (Fsp3) is 0.143. The first-order chi connectivity index (χ1) is 14.9. The first-order valence-electron chi connectivity index (χ1n) is 9.25. The maximum atomic E-state index is 12.9. The number of hydrogen-bond donors (Lipinski definition) is 3. The molecule has 0 aliphatic carbocycles. The van der Waals surface area contributed by atoms with Crippen LogP contribution in [0, 0.1) is 12.7 Å². The van der Waals surface area contributed by atoms with Gasteiger partial charge in [0.05, 0.1) is 17.9 Å². The van der Waals surface area contributed by atoms with E-state index in [2.05, 4.69) is 20.9 Å². The molecule has 0 saturated heterocycles. The predicted molar refractivity (Wildman–Crippen MR) is 116 cm³/mol. The first kappa shape index (κ1) is 21.9. The van der Waals surface area contributed by atoms with Gasteiger partial charge in [0, 0.05) is 11.4 Å². The molecule has 3 rings (SSSR count). The van der Waals surface area contributed by atoms with Gasteiger partial charge in [-0.3, -0.25) is 10.1 Å². The first-order valence-corrected chi connectivity index (χ1v) is 10.1. The Morgan fingerprint density at radius 1 is 0.968 bits per heavy atom. The molecule has 0 aliphatic rings. The van der Waals surface area contributed by atoms with E-state index in [1.165, 1.54) is 24.3 Å². The summed E-state index contributed by atoms with van der Waals surface area (Å²) in [5, 5.41) is 8.06. The quantitative estimate of drug-likeness (QED) is 0.481. The third kappa shape index (κ3) is 5.86. The molecule has 0 fully saturated rings. The third-order valence-corrected chi connectivity index (χ3v) is 5.05. The highest BCUT2D eigenvalue weighted by atomic mass is 32.1. The summed E-state index contributed by atoms with van der Waals surface area (Å²) in [6, 6.07) is 11.0. The van der Waals surface area contributed by atoms with Crippen LogP contribution in [0.15, 0.2) is 48.5 Å². The van der Waals surface area contributed by atoms with Gasteiger partial charge < -0.3 is 15.4 Å². The lowest BCUT2D eigenvalue weighted by atomic mass is 10.2. The maximum Gasteiger partial charge on any atom is 0.338 e. The van der Waals surface area contributed by atoms with Crippen molar-refractivity contribution < 1.29 is 23.5 Å². The second-order valence-electron chi connectivity index (χ2n) is 6.27. The molecule has 0 aliphatic heterocycles. The highest BCUT2D eigenvalue weighted by Crippen LogP contribution is 2.24. The summed E-state index contributed by atoms with van der Waals surface area (Å²) in [4.78, 5) is 40.9. The van der Waals surface area contributed by atoms with Gasteiger partial charge in [0.2, 0.25) is 0 Å². The zero-order chi connectivity index (χ0) is 22.4. The van der Waals surface area contributed by atoms with E-state index in [-0.39, 0.29) is 11.7 Å². The van der Waals surface area contributed by atoms with Gasteiger partial charge in [-0.25, -0.2) is 19.0 Å². The van der Waals surface area contributed by atoms with E-state index < -0.39 is 23.7 Å². The van der Waals surface area contributed by atoms with Crippen molar-refractivity contribution in [3.05, 3.63) is 70.5 Å². The molecule has 0 bridgehead atoms. The van der Waals surface area contributed by atoms with Crippen LogP contribution in [-0.2, 0) is 4.74 Å². The summed E-state index contributed by atoms with van der Waals surface area (Å²) in [6.45, 7) is 3.65. The summed E-state index contributed by atoms with van der Waals surface area (Å²) in [5.41, 5.74) is 1.74. The molecule has 31 heavy (non-hydrogen) atoms. The summed E-state index contributed by atoms with van der Waals surface area (Å²) in [6.07, 6.45) is 0. The number of anilines is 3. The highest BCUT2D eigenvalue weighted by Gasteiger charge is 2.17. The Balaban J connectivity index is 1.61. The molecule has 3 N–H and O–H groups in total. The molecule has 0 atom stereocenters. The number of ether oxygens (including phenoxy) is 1. The van der Waals surface area contributed by atoms with Crippen molar-refractivity contribution in [2.45, 2.75) is 13.8 Å². The fourth-order valence-corrected chi connectivity index (χ4v) is 3.40. The maximum absolute atomic E-state index is 12.9. The molecule has 2 aromatic carbocycles. The lowest BCUT2D eigenvalue weighted by Gasteiger charge is -2.06. The SMILES string of the molecule is CCOC(=O)c1ccc(NC(=O)c2sc(NC(=O)Nc3ccc(F)cc3)nc2C)cc1. The van der Waals surface area contributed by atoms with E-state index in [0.717, 1.165) is 11.3 Å². The average Bonchev–Trinajstić information content (AvgIpc) is 3.10. The van der Waals surface area contributed by atoms with Gasteiger partial charge in [-0.05, 0) is 62.4 Å². The number of thiazole rings is 1. The van der Waals surface area contributed by atoms with Gasteiger partial charge in [0.25, 0.3) is 5.91 Å². The molecule has 0 radical (unpaired) electrons. The fourth-order valence-electron chi connectivity index (χ4n) is 2.55. The number of carbonyl (C=O) groups excluding carboxylic acids is 3. The van der Waals surface area contributed by atoms with E-state index in [0.29, 0.717) is 27.5 Å². The minimum atomic E-state index is -0.568. The number of aromatic nitrogens is 1. The lowest BCUT2D eigenvalue weighted by molar-refractivity contribution is 0.0526. The Labute approximate surface area is 181 Å². The van der Waals surface area contributed by atoms with Crippen molar-refractivity contribution in [1.82, 2.24) is 4.98 Å². The van der Waals surface area contributed by atoms with E-state index in [4.69, 9.17) is 4.74 Å². The molecule has 10 heteroatoms. The minimum Gasteiger partial charge on any atom is -0.462 e. The number of nitrogens with zero attached hydrogens (tertiary/aromatic N) is 1. The number of benzene rings is 2.